The first-order valence-electron chi connectivity index (χ1n) is 17.0. The topological polar surface area (TPSA) is 116 Å². The number of piperazine rings is 1. The van der Waals surface area contributed by atoms with Gasteiger partial charge in [0.2, 0.25) is 0 Å². The zero-order valence-electron chi connectivity index (χ0n) is 26.9. The molecular weight excluding hydrogens is 606 g/mol. The number of aliphatic hydroxyl groups excluding tert-OH is 1. The fraction of sp³-hybridized carbons (Fsp3) is 0.389. The maximum atomic E-state index is 13.9. The van der Waals surface area contributed by atoms with E-state index in [1.54, 1.807) is 17.3 Å². The van der Waals surface area contributed by atoms with E-state index in [1.807, 2.05) is 41.2 Å². The maximum absolute atomic E-state index is 13.9. The van der Waals surface area contributed by atoms with Gasteiger partial charge in [-0.15, -0.1) is 0 Å². The second-order valence-electron chi connectivity index (χ2n) is 13.2. The van der Waals surface area contributed by atoms with E-state index in [9.17, 15) is 9.90 Å². The van der Waals surface area contributed by atoms with Crippen LogP contribution in [0.25, 0.3) is 16.8 Å². The monoisotopic (exact) mass is 645 g/mol. The normalized spacial score (nSPS) is 18.6. The molecule has 48 heavy (non-hydrogen) atoms. The molecule has 3 aliphatic heterocycles. The minimum Gasteiger partial charge on any atom is -0.392 e. The van der Waals surface area contributed by atoms with E-state index >= 15 is 0 Å². The number of imidazole rings is 1. The summed E-state index contributed by atoms with van der Waals surface area (Å²) in [5.41, 5.74) is 8.28. The third kappa shape index (κ3) is 5.02. The second kappa shape index (κ2) is 12.0. The molecule has 0 bridgehead atoms. The van der Waals surface area contributed by atoms with Gasteiger partial charge >= 0.3 is 0 Å². The first kappa shape index (κ1) is 29.4. The van der Waals surface area contributed by atoms with Crippen LogP contribution < -0.4 is 15.1 Å². The number of carbonyl (C=O) groups excluding carboxylic acids is 1. The van der Waals surface area contributed by atoms with E-state index in [0.717, 1.165) is 92.6 Å². The van der Waals surface area contributed by atoms with Crippen molar-refractivity contribution >= 4 is 34.6 Å². The van der Waals surface area contributed by atoms with Crippen LogP contribution in [0.15, 0.2) is 61.3 Å². The first-order chi connectivity index (χ1) is 23.6. The Balaban J connectivity index is 0.987. The van der Waals surface area contributed by atoms with Crippen molar-refractivity contribution in [3.05, 3.63) is 83.8 Å². The summed E-state index contributed by atoms with van der Waals surface area (Å²) in [6, 6.07) is 10.7. The van der Waals surface area contributed by atoms with Crippen LogP contribution in [0.5, 0.6) is 0 Å². The highest BCUT2D eigenvalue weighted by molar-refractivity contribution is 6.06. The molecular formula is C36H39N9O3. The van der Waals surface area contributed by atoms with Crippen molar-refractivity contribution in [3.63, 3.8) is 0 Å². The van der Waals surface area contributed by atoms with Crippen molar-refractivity contribution in [1.82, 2.24) is 28.8 Å². The molecule has 12 nitrogen and oxygen atoms in total. The highest BCUT2D eigenvalue weighted by Gasteiger charge is 2.33. The van der Waals surface area contributed by atoms with Crippen molar-refractivity contribution in [2.75, 3.05) is 61.1 Å². The van der Waals surface area contributed by atoms with Gasteiger partial charge in [0.15, 0.2) is 5.65 Å². The number of aliphatic hydroxyl groups is 1. The van der Waals surface area contributed by atoms with Gasteiger partial charge in [-0.1, -0.05) is 0 Å². The Morgan fingerprint density at radius 3 is 2.60 bits per heavy atom. The number of nitrogens with one attached hydrogen (secondary N) is 1. The summed E-state index contributed by atoms with van der Waals surface area (Å²) in [5, 5.41) is 14.2. The molecule has 0 saturated carbocycles. The molecule has 0 spiro atoms. The van der Waals surface area contributed by atoms with E-state index in [2.05, 4.69) is 41.8 Å². The van der Waals surface area contributed by atoms with Crippen molar-refractivity contribution < 1.29 is 14.6 Å². The fourth-order valence-electron chi connectivity index (χ4n) is 7.82. The molecule has 0 aromatic carbocycles. The van der Waals surface area contributed by atoms with Crippen LogP contribution in [0.4, 0.5) is 23.0 Å². The lowest BCUT2D eigenvalue weighted by atomic mass is 9.98. The molecule has 246 valence electrons. The predicted octanol–water partition coefficient (Wildman–Crippen LogP) is 3.89. The number of ether oxygens (including phenoxy) is 1. The van der Waals surface area contributed by atoms with Crippen molar-refractivity contribution in [3.8, 4) is 11.1 Å². The quantitative estimate of drug-likeness (QED) is 0.272. The largest absolute Gasteiger partial charge is 0.392 e. The summed E-state index contributed by atoms with van der Waals surface area (Å²) < 4.78 is 9.54. The third-order valence-electron chi connectivity index (χ3n) is 10.5. The summed E-state index contributed by atoms with van der Waals surface area (Å²) in [4.78, 5) is 34.5. The summed E-state index contributed by atoms with van der Waals surface area (Å²) in [6.07, 6.45) is 13.7. The van der Waals surface area contributed by atoms with Gasteiger partial charge < -0.3 is 29.0 Å². The van der Waals surface area contributed by atoms with Crippen LogP contribution in [0.1, 0.15) is 40.2 Å². The van der Waals surface area contributed by atoms with Gasteiger partial charge in [-0.2, -0.15) is 0 Å². The van der Waals surface area contributed by atoms with Crippen LogP contribution in [0, 0.1) is 0 Å². The minimum atomic E-state index is -0.254. The highest BCUT2D eigenvalue weighted by Crippen LogP contribution is 2.36. The van der Waals surface area contributed by atoms with Crippen molar-refractivity contribution in [2.24, 2.45) is 0 Å². The average Bonchev–Trinajstić information content (AvgIpc) is 3.74. The number of nitrogens with zero attached hydrogens (tertiary/aromatic N) is 8. The van der Waals surface area contributed by atoms with Gasteiger partial charge in [-0.3, -0.25) is 14.6 Å². The predicted molar refractivity (Wildman–Crippen MR) is 183 cm³/mol. The SMILES string of the molecule is O=C1c2cc3c(n2CCN1c1nccc(-c2cc(Nc4ccc(N5CCN(C6COC6)CC5)cn4)c4nccn4c2)c1CO)CCCC3. The lowest BCUT2D eigenvalue weighted by molar-refractivity contribution is -0.0660. The Hall–Kier alpha value is -4.78. The lowest BCUT2D eigenvalue weighted by Gasteiger charge is -2.43. The Bertz CT molecular complexity index is 1990. The number of fused-ring (bicyclic) bond motifs is 4. The standard InChI is InChI=1S/C36H39N9O3/c46-21-29-28(7-8-37-34(29)45-16-15-44-31-4-2-1-3-24(31)18-32(44)36(45)47)25-17-30(35-38-9-10-43(35)20-25)40-33-6-5-26(19-39-33)41-11-13-42(14-12-41)27-22-48-23-27/h5-10,17-20,27,46H,1-4,11-16,21-23H2,(H,39,40). The molecule has 12 heteroatoms. The number of rotatable bonds is 7. The fourth-order valence-corrected chi connectivity index (χ4v) is 7.82. The van der Waals surface area contributed by atoms with Crippen LogP contribution in [0.3, 0.4) is 0 Å². The summed E-state index contributed by atoms with van der Waals surface area (Å²) in [6.45, 7) is 6.70. The minimum absolute atomic E-state index is 0.0632. The molecule has 2 fully saturated rings. The lowest BCUT2D eigenvalue weighted by Crippen LogP contribution is -2.56. The Kier molecular flexibility index (Phi) is 7.36. The molecule has 8 heterocycles. The number of hydrogen-bond donors (Lipinski definition) is 2. The maximum Gasteiger partial charge on any atom is 0.276 e. The Labute approximate surface area is 278 Å². The van der Waals surface area contributed by atoms with Gasteiger partial charge in [0.25, 0.3) is 5.91 Å². The molecule has 4 aliphatic rings. The molecule has 9 rings (SSSR count). The highest BCUT2D eigenvalue weighted by atomic mass is 16.5. The van der Waals surface area contributed by atoms with E-state index in [0.29, 0.717) is 29.8 Å². The van der Waals surface area contributed by atoms with Crippen LogP contribution >= 0.6 is 0 Å². The number of anilines is 4. The molecule has 0 radical (unpaired) electrons. The molecule has 0 unspecified atom stereocenters. The Morgan fingerprint density at radius 2 is 1.81 bits per heavy atom. The average molecular weight is 646 g/mol. The summed E-state index contributed by atoms with van der Waals surface area (Å²) in [7, 11) is 0. The van der Waals surface area contributed by atoms with E-state index in [4.69, 9.17) is 9.72 Å². The number of hydrogen-bond acceptors (Lipinski definition) is 9. The number of pyridine rings is 3. The summed E-state index contributed by atoms with van der Waals surface area (Å²) >= 11 is 0. The summed E-state index contributed by atoms with van der Waals surface area (Å²) in [5.74, 6) is 1.16. The van der Waals surface area contributed by atoms with E-state index in [-0.39, 0.29) is 12.5 Å². The van der Waals surface area contributed by atoms with Crippen molar-refractivity contribution in [1.29, 1.82) is 0 Å². The zero-order chi connectivity index (χ0) is 32.2. The van der Waals surface area contributed by atoms with Crippen LogP contribution in [-0.2, 0) is 30.7 Å². The third-order valence-corrected chi connectivity index (χ3v) is 10.5. The zero-order valence-corrected chi connectivity index (χ0v) is 26.9. The molecule has 2 N–H and O–H groups in total. The first-order valence-corrected chi connectivity index (χ1v) is 17.0. The number of aromatic nitrogens is 5. The van der Waals surface area contributed by atoms with Crippen molar-refractivity contribution in [2.45, 2.75) is 44.9 Å². The van der Waals surface area contributed by atoms with E-state index in [1.165, 1.54) is 24.1 Å². The van der Waals surface area contributed by atoms with Gasteiger partial charge in [-0.25, -0.2) is 15.0 Å². The molecule has 5 aromatic heterocycles. The molecule has 1 amide bonds. The van der Waals surface area contributed by atoms with E-state index < -0.39 is 0 Å². The van der Waals surface area contributed by atoms with Gasteiger partial charge in [0.05, 0.1) is 43.4 Å². The van der Waals surface area contributed by atoms with Gasteiger partial charge in [-0.05, 0) is 67.1 Å². The molecule has 0 atom stereocenters. The molecule has 1 aliphatic carbocycles. The number of carbonyl (C=O) groups is 1. The molecule has 2 saturated heterocycles. The smallest absolute Gasteiger partial charge is 0.276 e. The second-order valence-corrected chi connectivity index (χ2v) is 13.2. The van der Waals surface area contributed by atoms with Gasteiger partial charge in [0, 0.05) is 80.9 Å². The molecule has 5 aromatic rings. The van der Waals surface area contributed by atoms with Gasteiger partial charge in [0.1, 0.15) is 17.3 Å². The number of amides is 1. The van der Waals surface area contributed by atoms with Crippen LogP contribution in [-0.4, -0.2) is 91.8 Å². The van der Waals surface area contributed by atoms with Crippen LogP contribution in [0.2, 0.25) is 0 Å². The Morgan fingerprint density at radius 1 is 0.938 bits per heavy atom. The number of aryl methyl sites for hydroxylation is 1.